The van der Waals surface area contributed by atoms with E-state index in [1.54, 1.807) is 4.90 Å². The lowest BCUT2D eigenvalue weighted by Gasteiger charge is -2.31. The van der Waals surface area contributed by atoms with Crippen molar-refractivity contribution in [1.82, 2.24) is 10.2 Å². The van der Waals surface area contributed by atoms with Crippen molar-refractivity contribution >= 4 is 11.8 Å². The molecule has 0 fully saturated rings. The second kappa shape index (κ2) is 11.9. The van der Waals surface area contributed by atoms with Gasteiger partial charge in [-0.2, -0.15) is 0 Å². The minimum absolute atomic E-state index is 0.139. The average molecular weight is 445 g/mol. The number of nitrogens with zero attached hydrogens (tertiary/aromatic N) is 1. The largest absolute Gasteiger partial charge is 0.484 e. The van der Waals surface area contributed by atoms with Crippen molar-refractivity contribution in [1.29, 1.82) is 0 Å². The molecule has 5 heteroatoms. The van der Waals surface area contributed by atoms with Gasteiger partial charge in [-0.25, -0.2) is 0 Å². The second-order valence-electron chi connectivity index (χ2n) is 8.21. The number of nitrogens with one attached hydrogen (secondary N) is 1. The molecule has 5 nitrogen and oxygen atoms in total. The van der Waals surface area contributed by atoms with Gasteiger partial charge in [0.1, 0.15) is 11.8 Å². The van der Waals surface area contributed by atoms with E-state index in [1.807, 2.05) is 99.6 Å². The number of ether oxygens (including phenoxy) is 1. The second-order valence-corrected chi connectivity index (χ2v) is 8.21. The number of carbonyl (C=O) groups excluding carboxylic acids is 2. The molecule has 0 radical (unpaired) electrons. The Labute approximate surface area is 196 Å². The molecule has 3 aromatic carbocycles. The molecular weight excluding hydrogens is 412 g/mol. The van der Waals surface area contributed by atoms with Gasteiger partial charge in [0.05, 0.1) is 0 Å². The Morgan fingerprint density at radius 3 is 2.24 bits per heavy atom. The van der Waals surface area contributed by atoms with E-state index in [0.29, 0.717) is 25.3 Å². The number of carbonyl (C=O) groups is 2. The number of amides is 2. The summed E-state index contributed by atoms with van der Waals surface area (Å²) in [4.78, 5) is 28.2. The van der Waals surface area contributed by atoms with E-state index in [4.69, 9.17) is 4.74 Å². The minimum atomic E-state index is -0.651. The lowest BCUT2D eigenvalue weighted by Crippen LogP contribution is -2.51. The third-order valence-corrected chi connectivity index (χ3v) is 5.44. The average Bonchev–Trinajstić information content (AvgIpc) is 2.81. The summed E-state index contributed by atoms with van der Waals surface area (Å²) in [5.74, 6) is 0.226. The van der Waals surface area contributed by atoms with Crippen LogP contribution in [-0.2, 0) is 22.6 Å². The van der Waals surface area contributed by atoms with Crippen molar-refractivity contribution in [2.24, 2.45) is 0 Å². The summed E-state index contributed by atoms with van der Waals surface area (Å²) in [7, 11) is 0. The SMILES string of the molecule is CCNC(=O)[C@@H](Cc1ccccc1)N(Cc1cccc(C)c1)C(=O)COc1ccc(C)cc1. The van der Waals surface area contributed by atoms with Crippen LogP contribution in [0.5, 0.6) is 5.75 Å². The first-order valence-corrected chi connectivity index (χ1v) is 11.3. The summed E-state index contributed by atoms with van der Waals surface area (Å²) in [6, 6.07) is 24.7. The van der Waals surface area contributed by atoms with Gasteiger partial charge in [0.15, 0.2) is 6.61 Å². The Balaban J connectivity index is 1.88. The molecule has 0 bridgehead atoms. The van der Waals surface area contributed by atoms with Crippen molar-refractivity contribution in [3.63, 3.8) is 0 Å². The molecule has 3 aromatic rings. The van der Waals surface area contributed by atoms with Gasteiger partial charge in [0.25, 0.3) is 5.91 Å². The summed E-state index contributed by atoms with van der Waals surface area (Å²) in [6.07, 6.45) is 0.425. The first kappa shape index (κ1) is 24.1. The molecule has 0 heterocycles. The lowest BCUT2D eigenvalue weighted by atomic mass is 10.0. The molecule has 0 saturated heterocycles. The van der Waals surface area contributed by atoms with E-state index in [-0.39, 0.29) is 18.4 Å². The van der Waals surface area contributed by atoms with Crippen LogP contribution in [0.25, 0.3) is 0 Å². The monoisotopic (exact) mass is 444 g/mol. The number of hydrogen-bond acceptors (Lipinski definition) is 3. The Bertz CT molecular complexity index is 1050. The zero-order valence-electron chi connectivity index (χ0n) is 19.6. The Hall–Kier alpha value is -3.60. The van der Waals surface area contributed by atoms with Crippen molar-refractivity contribution in [2.75, 3.05) is 13.2 Å². The minimum Gasteiger partial charge on any atom is -0.484 e. The van der Waals surface area contributed by atoms with Gasteiger partial charge >= 0.3 is 0 Å². The molecule has 1 atom stereocenters. The van der Waals surface area contributed by atoms with Gasteiger partial charge in [-0.05, 0) is 44.0 Å². The van der Waals surface area contributed by atoms with Crippen LogP contribution >= 0.6 is 0 Å². The van der Waals surface area contributed by atoms with Crippen molar-refractivity contribution in [3.8, 4) is 5.75 Å². The van der Waals surface area contributed by atoms with Gasteiger partial charge in [-0.3, -0.25) is 9.59 Å². The fraction of sp³-hybridized carbons (Fsp3) is 0.286. The number of rotatable bonds is 10. The number of likely N-dealkylation sites (N-methyl/N-ethyl adjacent to an activating group) is 1. The predicted molar refractivity (Wildman–Crippen MR) is 131 cm³/mol. The summed E-state index contributed by atoms with van der Waals surface area (Å²) in [5, 5.41) is 2.90. The van der Waals surface area contributed by atoms with Crippen molar-refractivity contribution in [2.45, 2.75) is 39.8 Å². The van der Waals surface area contributed by atoms with Crippen LogP contribution < -0.4 is 10.1 Å². The number of aryl methyl sites for hydroxylation is 2. The topological polar surface area (TPSA) is 58.6 Å². The molecule has 172 valence electrons. The standard InChI is InChI=1S/C28H32N2O3/c1-4-29-28(32)26(18-23-10-6-5-7-11-23)30(19-24-12-8-9-22(3)17-24)27(31)20-33-25-15-13-21(2)14-16-25/h5-17,26H,4,18-20H2,1-3H3,(H,29,32)/t26-/m1/s1. The molecule has 33 heavy (non-hydrogen) atoms. The van der Waals surface area contributed by atoms with E-state index in [0.717, 1.165) is 22.3 Å². The molecule has 0 spiro atoms. The fourth-order valence-electron chi connectivity index (χ4n) is 3.72. The van der Waals surface area contributed by atoms with Crippen LogP contribution in [-0.4, -0.2) is 35.9 Å². The molecule has 0 aliphatic rings. The van der Waals surface area contributed by atoms with Gasteiger partial charge in [-0.1, -0.05) is 77.9 Å². The number of hydrogen-bond donors (Lipinski definition) is 1. The molecule has 0 aromatic heterocycles. The van der Waals surface area contributed by atoms with E-state index >= 15 is 0 Å². The maximum Gasteiger partial charge on any atom is 0.261 e. The van der Waals surface area contributed by atoms with Crippen molar-refractivity contribution < 1.29 is 14.3 Å². The highest BCUT2D eigenvalue weighted by atomic mass is 16.5. The first-order valence-electron chi connectivity index (χ1n) is 11.3. The van der Waals surface area contributed by atoms with Crippen molar-refractivity contribution in [3.05, 3.63) is 101 Å². The van der Waals surface area contributed by atoms with E-state index < -0.39 is 6.04 Å². The summed E-state index contributed by atoms with van der Waals surface area (Å²) in [5.41, 5.74) is 4.19. The van der Waals surface area contributed by atoms with Crippen LogP contribution in [0.2, 0.25) is 0 Å². The normalized spacial score (nSPS) is 11.5. The maximum atomic E-state index is 13.4. The quantitative estimate of drug-likeness (QED) is 0.502. The third-order valence-electron chi connectivity index (χ3n) is 5.44. The van der Waals surface area contributed by atoms with Gasteiger partial charge in [0, 0.05) is 19.5 Å². The lowest BCUT2D eigenvalue weighted by molar-refractivity contribution is -0.142. The highest BCUT2D eigenvalue weighted by Crippen LogP contribution is 2.17. The molecule has 2 amide bonds. The fourth-order valence-corrected chi connectivity index (χ4v) is 3.72. The van der Waals surface area contributed by atoms with Crippen LogP contribution in [0.15, 0.2) is 78.9 Å². The first-order chi connectivity index (χ1) is 16.0. The van der Waals surface area contributed by atoms with Crippen LogP contribution in [0.3, 0.4) is 0 Å². The highest BCUT2D eigenvalue weighted by molar-refractivity contribution is 5.88. The zero-order valence-corrected chi connectivity index (χ0v) is 19.6. The molecule has 0 unspecified atom stereocenters. The predicted octanol–water partition coefficient (Wildman–Crippen LogP) is 4.46. The maximum absolute atomic E-state index is 13.4. The molecule has 0 saturated carbocycles. The molecule has 0 aliphatic heterocycles. The van der Waals surface area contributed by atoms with Gasteiger partial charge < -0.3 is 15.0 Å². The molecule has 3 rings (SSSR count). The van der Waals surface area contributed by atoms with Crippen LogP contribution in [0.4, 0.5) is 0 Å². The summed E-state index contributed by atoms with van der Waals surface area (Å²) in [6.45, 7) is 6.58. The van der Waals surface area contributed by atoms with E-state index in [9.17, 15) is 9.59 Å². The van der Waals surface area contributed by atoms with Crippen LogP contribution in [0.1, 0.15) is 29.2 Å². The molecular formula is C28H32N2O3. The summed E-state index contributed by atoms with van der Waals surface area (Å²) < 4.78 is 5.78. The van der Waals surface area contributed by atoms with E-state index in [2.05, 4.69) is 5.32 Å². The molecule has 1 N–H and O–H groups in total. The van der Waals surface area contributed by atoms with Gasteiger partial charge in [0.2, 0.25) is 5.91 Å². The highest BCUT2D eigenvalue weighted by Gasteiger charge is 2.30. The Morgan fingerprint density at radius 2 is 1.58 bits per heavy atom. The smallest absolute Gasteiger partial charge is 0.261 e. The van der Waals surface area contributed by atoms with Gasteiger partial charge in [-0.15, -0.1) is 0 Å². The zero-order chi connectivity index (χ0) is 23.6. The third kappa shape index (κ3) is 7.21. The Morgan fingerprint density at radius 1 is 0.879 bits per heavy atom. The Kier molecular flexibility index (Phi) is 8.64. The molecule has 0 aliphatic carbocycles. The van der Waals surface area contributed by atoms with Crippen LogP contribution in [0, 0.1) is 13.8 Å². The summed E-state index contributed by atoms with van der Waals surface area (Å²) >= 11 is 0. The van der Waals surface area contributed by atoms with E-state index in [1.165, 1.54) is 0 Å². The number of benzene rings is 3.